The fourth-order valence-electron chi connectivity index (χ4n) is 0.493. The van der Waals surface area contributed by atoms with E-state index in [4.69, 9.17) is 4.74 Å². The normalized spacial score (nSPS) is 9.60. The quantitative estimate of drug-likeness (QED) is 0.573. The average Bonchev–Trinajstić information content (AvgIpc) is 1.80. The van der Waals surface area contributed by atoms with Crippen LogP contribution in [0.15, 0.2) is 0 Å². The molecule has 0 saturated heterocycles. The van der Waals surface area contributed by atoms with Crippen molar-refractivity contribution >= 4 is 0 Å². The van der Waals surface area contributed by atoms with Gasteiger partial charge in [-0.1, -0.05) is 13.8 Å². The topological polar surface area (TPSA) is 56.3 Å². The van der Waals surface area contributed by atoms with Crippen LogP contribution in [0.4, 0.5) is 0 Å². The molecule has 0 aromatic carbocycles. The third kappa shape index (κ3) is 10.8. The van der Waals surface area contributed by atoms with Crippen molar-refractivity contribution in [3.05, 3.63) is 0 Å². The monoisotopic (exact) mass is 148 g/mol. The number of hydrogen-bond donors (Lipinski definition) is 2. The van der Waals surface area contributed by atoms with Gasteiger partial charge in [-0.05, 0) is 13.0 Å². The van der Waals surface area contributed by atoms with E-state index in [-0.39, 0.29) is 6.15 Å². The van der Waals surface area contributed by atoms with Gasteiger partial charge in [0, 0.05) is 13.2 Å². The van der Waals surface area contributed by atoms with E-state index in [1.807, 2.05) is 7.05 Å². The summed E-state index contributed by atoms with van der Waals surface area (Å²) < 4.78 is 5.27. The first-order chi connectivity index (χ1) is 4.27. The molecule has 0 saturated carbocycles. The van der Waals surface area contributed by atoms with Crippen LogP contribution in [-0.4, -0.2) is 26.8 Å². The van der Waals surface area contributed by atoms with Gasteiger partial charge in [-0.25, -0.2) is 0 Å². The Kier molecular flexibility index (Phi) is 11.1. The van der Waals surface area contributed by atoms with Crippen molar-refractivity contribution in [3.63, 3.8) is 0 Å². The molecule has 0 bridgehead atoms. The van der Waals surface area contributed by atoms with Gasteiger partial charge in [0.1, 0.15) is 0 Å². The molecule has 3 nitrogen and oxygen atoms in total. The number of nitrogens with one attached hydrogen (secondary N) is 1. The molecular weight excluding hydrogens is 128 g/mol. The summed E-state index contributed by atoms with van der Waals surface area (Å²) in [6.45, 7) is 6.96. The maximum absolute atomic E-state index is 5.27. The minimum absolute atomic E-state index is 0. The molecule has 0 aromatic rings. The highest BCUT2D eigenvalue weighted by Gasteiger charge is 1.90. The Labute approximate surface area is 63.7 Å². The summed E-state index contributed by atoms with van der Waals surface area (Å²) in [6.07, 6.45) is 0. The van der Waals surface area contributed by atoms with E-state index in [9.17, 15) is 0 Å². The average molecular weight is 148 g/mol. The Morgan fingerprint density at radius 1 is 1.40 bits per heavy atom. The summed E-state index contributed by atoms with van der Waals surface area (Å²) >= 11 is 0. The number of ether oxygens (including phenoxy) is 1. The maximum Gasteiger partial charge on any atom is 0.0590 e. The van der Waals surface area contributed by atoms with E-state index in [1.165, 1.54) is 0 Å². The van der Waals surface area contributed by atoms with Crippen LogP contribution >= 0.6 is 0 Å². The highest BCUT2D eigenvalue weighted by molar-refractivity contribution is 4.40. The second-order valence-corrected chi connectivity index (χ2v) is 2.57. The van der Waals surface area contributed by atoms with Gasteiger partial charge in [0.15, 0.2) is 0 Å². The Morgan fingerprint density at radius 3 is 2.40 bits per heavy atom. The standard InChI is InChI=1S/C7H17NO.H3N/c1-7(2)6-9-5-4-8-3;/h7-8H,4-6H2,1-3H3;1H3. The number of rotatable bonds is 5. The molecule has 0 fully saturated rings. The molecule has 0 heterocycles. The highest BCUT2D eigenvalue weighted by atomic mass is 16.5. The van der Waals surface area contributed by atoms with Crippen LogP contribution in [0.25, 0.3) is 0 Å². The van der Waals surface area contributed by atoms with Gasteiger partial charge in [0.25, 0.3) is 0 Å². The minimum atomic E-state index is 0. The summed E-state index contributed by atoms with van der Waals surface area (Å²) in [4.78, 5) is 0. The second kappa shape index (κ2) is 8.88. The lowest BCUT2D eigenvalue weighted by molar-refractivity contribution is 0.113. The van der Waals surface area contributed by atoms with Crippen molar-refractivity contribution in [1.29, 1.82) is 0 Å². The molecule has 64 valence electrons. The largest absolute Gasteiger partial charge is 0.380 e. The predicted octanol–water partition coefficient (Wildman–Crippen LogP) is 1.04. The summed E-state index contributed by atoms with van der Waals surface area (Å²) in [5, 5.41) is 3.02. The van der Waals surface area contributed by atoms with Crippen LogP contribution < -0.4 is 11.5 Å². The second-order valence-electron chi connectivity index (χ2n) is 2.57. The summed E-state index contributed by atoms with van der Waals surface area (Å²) in [5.74, 6) is 0.654. The molecule has 0 unspecified atom stereocenters. The number of likely N-dealkylation sites (N-methyl/N-ethyl adjacent to an activating group) is 1. The third-order valence-electron chi connectivity index (χ3n) is 0.948. The predicted molar refractivity (Wildman–Crippen MR) is 44.6 cm³/mol. The van der Waals surface area contributed by atoms with E-state index in [1.54, 1.807) is 0 Å². The van der Waals surface area contributed by atoms with Gasteiger partial charge in [-0.2, -0.15) is 0 Å². The number of hydrogen-bond acceptors (Lipinski definition) is 3. The molecule has 3 heteroatoms. The SMILES string of the molecule is CNCCOCC(C)C.N. The lowest BCUT2D eigenvalue weighted by Crippen LogP contribution is -2.15. The molecule has 0 aliphatic rings. The molecule has 0 aliphatic heterocycles. The lowest BCUT2D eigenvalue weighted by Gasteiger charge is -2.04. The van der Waals surface area contributed by atoms with E-state index in [0.717, 1.165) is 19.8 Å². The molecule has 10 heavy (non-hydrogen) atoms. The molecule has 0 spiro atoms. The summed E-state index contributed by atoms with van der Waals surface area (Å²) in [7, 11) is 1.93. The molecule has 0 atom stereocenters. The molecule has 4 N–H and O–H groups in total. The summed E-state index contributed by atoms with van der Waals surface area (Å²) in [6, 6.07) is 0. The Balaban J connectivity index is 0. The Morgan fingerprint density at radius 2 is 2.00 bits per heavy atom. The van der Waals surface area contributed by atoms with Crippen LogP contribution in [0.1, 0.15) is 13.8 Å². The first-order valence-electron chi connectivity index (χ1n) is 3.49. The first kappa shape index (κ1) is 12.5. The van der Waals surface area contributed by atoms with Gasteiger partial charge in [-0.15, -0.1) is 0 Å². The van der Waals surface area contributed by atoms with Crippen LogP contribution in [0, 0.1) is 5.92 Å². The van der Waals surface area contributed by atoms with Gasteiger partial charge in [-0.3, -0.25) is 0 Å². The minimum Gasteiger partial charge on any atom is -0.380 e. The van der Waals surface area contributed by atoms with Crippen molar-refractivity contribution in [1.82, 2.24) is 11.5 Å². The molecular formula is C7H20N2O. The van der Waals surface area contributed by atoms with Crippen molar-refractivity contribution in [3.8, 4) is 0 Å². The van der Waals surface area contributed by atoms with Gasteiger partial charge >= 0.3 is 0 Å². The van der Waals surface area contributed by atoms with Gasteiger partial charge in [0.2, 0.25) is 0 Å². The van der Waals surface area contributed by atoms with E-state index < -0.39 is 0 Å². The zero-order chi connectivity index (χ0) is 7.11. The van der Waals surface area contributed by atoms with E-state index in [0.29, 0.717) is 5.92 Å². The smallest absolute Gasteiger partial charge is 0.0590 e. The van der Waals surface area contributed by atoms with E-state index in [2.05, 4.69) is 19.2 Å². The lowest BCUT2D eigenvalue weighted by atomic mass is 10.2. The van der Waals surface area contributed by atoms with Crippen LogP contribution in [0.2, 0.25) is 0 Å². The van der Waals surface area contributed by atoms with Crippen molar-refractivity contribution in [2.75, 3.05) is 26.8 Å². The van der Waals surface area contributed by atoms with Crippen LogP contribution in [-0.2, 0) is 4.74 Å². The van der Waals surface area contributed by atoms with Crippen molar-refractivity contribution in [2.24, 2.45) is 5.92 Å². The van der Waals surface area contributed by atoms with Gasteiger partial charge in [0.05, 0.1) is 6.61 Å². The van der Waals surface area contributed by atoms with E-state index >= 15 is 0 Å². The third-order valence-corrected chi connectivity index (χ3v) is 0.948. The van der Waals surface area contributed by atoms with Crippen LogP contribution in [0.3, 0.4) is 0 Å². The molecule has 0 rings (SSSR count). The highest BCUT2D eigenvalue weighted by Crippen LogP contribution is 1.90. The molecule has 0 aromatic heterocycles. The van der Waals surface area contributed by atoms with Crippen molar-refractivity contribution < 1.29 is 4.74 Å². The molecule has 0 amide bonds. The first-order valence-corrected chi connectivity index (χ1v) is 3.49. The molecule has 0 radical (unpaired) electrons. The van der Waals surface area contributed by atoms with Gasteiger partial charge < -0.3 is 16.2 Å². The fourth-order valence-corrected chi connectivity index (χ4v) is 0.493. The Hall–Kier alpha value is -0.120. The molecule has 0 aliphatic carbocycles. The zero-order valence-corrected chi connectivity index (χ0v) is 7.31. The zero-order valence-electron chi connectivity index (χ0n) is 7.31. The fraction of sp³-hybridized carbons (Fsp3) is 1.00. The van der Waals surface area contributed by atoms with Crippen LogP contribution in [0.5, 0.6) is 0 Å². The Bertz CT molecular complexity index is 57.6. The van der Waals surface area contributed by atoms with Crippen molar-refractivity contribution in [2.45, 2.75) is 13.8 Å². The summed E-state index contributed by atoms with van der Waals surface area (Å²) in [5.41, 5.74) is 0. The maximum atomic E-state index is 5.27.